The average Bonchev–Trinajstić information content (AvgIpc) is 2.71. The molecule has 3 atom stereocenters. The summed E-state index contributed by atoms with van der Waals surface area (Å²) in [6.45, 7) is 7.04. The third kappa shape index (κ3) is 1.94. The Hall–Kier alpha value is -2.00. The van der Waals surface area contributed by atoms with Crippen LogP contribution in [0.15, 0.2) is 40.8 Å². The van der Waals surface area contributed by atoms with Crippen LogP contribution in [0.3, 0.4) is 0 Å². The van der Waals surface area contributed by atoms with Crippen LogP contribution in [0.2, 0.25) is 0 Å². The zero-order valence-electron chi connectivity index (χ0n) is 14.5. The van der Waals surface area contributed by atoms with Crippen molar-refractivity contribution in [3.63, 3.8) is 0 Å². The highest BCUT2D eigenvalue weighted by atomic mass is 16.3. The Bertz CT molecular complexity index is 907. The molecule has 3 heteroatoms. The van der Waals surface area contributed by atoms with Crippen molar-refractivity contribution in [2.45, 2.75) is 45.3 Å². The van der Waals surface area contributed by atoms with E-state index in [2.05, 4.69) is 60.0 Å². The Morgan fingerprint density at radius 1 is 1.00 bits per heavy atom. The quantitative estimate of drug-likeness (QED) is 0.635. The molecule has 0 aliphatic carbocycles. The molecular weight excluding hydrogens is 296 g/mol. The van der Waals surface area contributed by atoms with Gasteiger partial charge in [0.15, 0.2) is 5.58 Å². The number of benzene rings is 2. The zero-order chi connectivity index (χ0) is 16.3. The molecule has 3 nitrogen and oxygen atoms in total. The van der Waals surface area contributed by atoms with Crippen LogP contribution in [-0.2, 0) is 0 Å². The molecule has 2 unspecified atom stereocenters. The molecule has 0 amide bonds. The first-order valence-corrected chi connectivity index (χ1v) is 9.17. The van der Waals surface area contributed by atoms with Crippen molar-refractivity contribution in [3.8, 4) is 0 Å². The van der Waals surface area contributed by atoms with E-state index in [4.69, 9.17) is 4.42 Å². The van der Waals surface area contributed by atoms with Crippen LogP contribution < -0.4 is 4.90 Å². The maximum Gasteiger partial charge on any atom is 0.159 e. The van der Waals surface area contributed by atoms with Gasteiger partial charge in [0.05, 0.1) is 11.9 Å². The molecule has 1 aromatic heterocycles. The third-order valence-corrected chi connectivity index (χ3v) is 6.04. The maximum atomic E-state index is 6.35. The number of fused-ring (bicyclic) bond motifs is 7. The van der Waals surface area contributed by atoms with Gasteiger partial charge in [0, 0.05) is 29.9 Å². The molecule has 2 aromatic carbocycles. The minimum absolute atomic E-state index is 0.448. The first-order chi connectivity index (χ1) is 11.7. The van der Waals surface area contributed by atoms with E-state index >= 15 is 0 Å². The van der Waals surface area contributed by atoms with Crippen molar-refractivity contribution in [3.05, 3.63) is 42.0 Å². The van der Waals surface area contributed by atoms with E-state index in [-0.39, 0.29) is 0 Å². The lowest BCUT2D eigenvalue weighted by Gasteiger charge is -2.46. The molecule has 3 fully saturated rings. The van der Waals surface area contributed by atoms with Gasteiger partial charge < -0.3 is 9.32 Å². The molecule has 3 aliphatic rings. The molecule has 124 valence electrons. The second-order valence-electron chi connectivity index (χ2n) is 7.37. The Morgan fingerprint density at radius 3 is 2.79 bits per heavy atom. The van der Waals surface area contributed by atoms with Gasteiger partial charge in [-0.2, -0.15) is 0 Å². The Morgan fingerprint density at radius 2 is 1.88 bits per heavy atom. The van der Waals surface area contributed by atoms with Gasteiger partial charge in [-0.1, -0.05) is 30.3 Å². The van der Waals surface area contributed by atoms with Gasteiger partial charge in [0.25, 0.3) is 0 Å². The number of hydrogen-bond donors (Lipinski definition) is 0. The predicted octanol–water partition coefficient (Wildman–Crippen LogP) is 4.91. The van der Waals surface area contributed by atoms with E-state index in [1.165, 1.54) is 54.4 Å². The maximum absolute atomic E-state index is 6.35. The number of furan rings is 1. The first kappa shape index (κ1) is 14.4. The molecule has 3 aromatic rings. The molecule has 0 radical (unpaired) electrons. The van der Waals surface area contributed by atoms with Crippen LogP contribution in [0.5, 0.6) is 0 Å². The minimum atomic E-state index is 0.448. The molecule has 3 saturated heterocycles. The lowest BCUT2D eigenvalue weighted by molar-refractivity contribution is 0.177. The van der Waals surface area contributed by atoms with Crippen LogP contribution in [0.25, 0.3) is 21.9 Å². The van der Waals surface area contributed by atoms with Crippen LogP contribution >= 0.6 is 0 Å². The van der Waals surface area contributed by atoms with Crippen LogP contribution in [0.4, 0.5) is 5.69 Å². The highest BCUT2D eigenvalue weighted by Gasteiger charge is 2.37. The molecule has 0 saturated carbocycles. The van der Waals surface area contributed by atoms with E-state index < -0.39 is 0 Å². The summed E-state index contributed by atoms with van der Waals surface area (Å²) in [5, 5.41) is 2.47. The first-order valence-electron chi connectivity index (χ1n) is 9.17. The van der Waals surface area contributed by atoms with E-state index in [0.717, 1.165) is 11.2 Å². The summed E-state index contributed by atoms with van der Waals surface area (Å²) in [5.74, 6) is 0. The molecular formula is C21H24N2O. The summed E-state index contributed by atoms with van der Waals surface area (Å²) in [6, 6.07) is 13.5. The van der Waals surface area contributed by atoms with Crippen LogP contribution in [-0.4, -0.2) is 30.2 Å². The van der Waals surface area contributed by atoms with Crippen molar-refractivity contribution in [1.82, 2.24) is 4.90 Å². The van der Waals surface area contributed by atoms with Gasteiger partial charge in [0.2, 0.25) is 0 Å². The molecule has 4 heterocycles. The average molecular weight is 320 g/mol. The zero-order valence-corrected chi connectivity index (χ0v) is 14.5. The lowest BCUT2D eigenvalue weighted by Crippen LogP contribution is -2.55. The van der Waals surface area contributed by atoms with Crippen molar-refractivity contribution >= 4 is 27.6 Å². The Kier molecular flexibility index (Phi) is 3.14. The van der Waals surface area contributed by atoms with Crippen molar-refractivity contribution in [1.29, 1.82) is 0 Å². The lowest BCUT2D eigenvalue weighted by atomic mass is 10.0. The highest BCUT2D eigenvalue weighted by molar-refractivity contribution is 6.09. The number of hydrogen-bond acceptors (Lipinski definition) is 3. The topological polar surface area (TPSA) is 19.6 Å². The number of aryl methyl sites for hydroxylation is 1. The van der Waals surface area contributed by atoms with Crippen molar-refractivity contribution in [2.24, 2.45) is 0 Å². The van der Waals surface area contributed by atoms with Gasteiger partial charge in [-0.05, 0) is 44.7 Å². The number of rotatable bonds is 1. The Labute approximate surface area is 142 Å². The van der Waals surface area contributed by atoms with E-state index in [0.29, 0.717) is 12.2 Å². The fraction of sp³-hybridized carbons (Fsp3) is 0.429. The summed E-state index contributed by atoms with van der Waals surface area (Å²) in [5.41, 5.74) is 4.69. The molecule has 24 heavy (non-hydrogen) atoms. The molecule has 0 spiro atoms. The van der Waals surface area contributed by atoms with Crippen LogP contribution in [0, 0.1) is 6.92 Å². The number of nitrogens with zero attached hydrogens (tertiary/aromatic N) is 2. The van der Waals surface area contributed by atoms with Gasteiger partial charge in [0.1, 0.15) is 5.58 Å². The summed E-state index contributed by atoms with van der Waals surface area (Å²) in [4.78, 5) is 5.28. The van der Waals surface area contributed by atoms with Crippen LogP contribution in [0.1, 0.15) is 31.7 Å². The van der Waals surface area contributed by atoms with Gasteiger partial charge >= 0.3 is 0 Å². The fourth-order valence-electron chi connectivity index (χ4n) is 4.80. The van der Waals surface area contributed by atoms with E-state index in [9.17, 15) is 0 Å². The second-order valence-corrected chi connectivity index (χ2v) is 7.37. The highest BCUT2D eigenvalue weighted by Crippen LogP contribution is 2.42. The van der Waals surface area contributed by atoms with E-state index in [1.807, 2.05) is 0 Å². The number of para-hydroxylation sites is 1. The van der Waals surface area contributed by atoms with Gasteiger partial charge in [-0.15, -0.1) is 0 Å². The molecule has 6 rings (SSSR count). The summed E-state index contributed by atoms with van der Waals surface area (Å²) in [6.07, 6.45) is 4.31. The molecule has 3 aliphatic heterocycles. The fourth-order valence-corrected chi connectivity index (χ4v) is 4.80. The number of anilines is 1. The van der Waals surface area contributed by atoms with E-state index in [1.54, 1.807) is 0 Å². The largest absolute Gasteiger partial charge is 0.454 e. The standard InChI is InChI=1S/C21H24N2O/c1-14-9-10-18-17-7-3-4-8-19(17)24-21(18)20(14)23-15(2)22-12-5-6-16(23)11-13-22/h3-4,7-10,15-16H,5-6,11-13H2,1-2H3/t15-,16?/m0/s1. The smallest absolute Gasteiger partial charge is 0.159 e. The van der Waals surface area contributed by atoms with Crippen molar-refractivity contribution in [2.75, 3.05) is 18.0 Å². The minimum Gasteiger partial charge on any atom is -0.454 e. The SMILES string of the molecule is Cc1ccc2c(oc3ccccc32)c1N1C2CCCN(CC2)[C@@H]1C. The predicted molar refractivity (Wildman–Crippen MR) is 99.6 cm³/mol. The van der Waals surface area contributed by atoms with Crippen molar-refractivity contribution < 1.29 is 4.42 Å². The summed E-state index contributed by atoms with van der Waals surface area (Å²) < 4.78 is 6.35. The Balaban J connectivity index is 1.78. The second kappa shape index (κ2) is 5.25. The van der Waals surface area contributed by atoms with Gasteiger partial charge in [-0.25, -0.2) is 0 Å². The third-order valence-electron chi connectivity index (χ3n) is 6.04. The monoisotopic (exact) mass is 320 g/mol. The van der Waals surface area contributed by atoms with Gasteiger partial charge in [-0.3, -0.25) is 4.90 Å². The normalized spacial score (nSPS) is 27.1. The summed E-state index contributed by atoms with van der Waals surface area (Å²) >= 11 is 0. The molecule has 0 N–H and O–H groups in total. The summed E-state index contributed by atoms with van der Waals surface area (Å²) in [7, 11) is 0. The molecule has 2 bridgehead atoms.